The first-order chi connectivity index (χ1) is 13.8. The van der Waals surface area contributed by atoms with Crippen LogP contribution in [-0.2, 0) is 0 Å². The number of pyridine rings is 2. The van der Waals surface area contributed by atoms with Crippen LogP contribution in [0, 0.1) is 5.82 Å². The van der Waals surface area contributed by atoms with Crippen molar-refractivity contribution in [3.63, 3.8) is 0 Å². The number of hydrogen-bond acceptors (Lipinski definition) is 4. The van der Waals surface area contributed by atoms with Crippen LogP contribution in [0.1, 0.15) is 11.6 Å². The fourth-order valence-corrected chi connectivity index (χ4v) is 4.64. The van der Waals surface area contributed by atoms with Crippen LogP contribution in [0.15, 0.2) is 67.1 Å². The van der Waals surface area contributed by atoms with Crippen LogP contribution in [0.2, 0.25) is 0 Å². The van der Waals surface area contributed by atoms with Crippen molar-refractivity contribution in [3.8, 4) is 22.4 Å². The van der Waals surface area contributed by atoms with E-state index in [0.717, 1.165) is 46.0 Å². The summed E-state index contributed by atoms with van der Waals surface area (Å²) < 4.78 is 15.4. The number of aromatic nitrogens is 3. The molecule has 4 heterocycles. The van der Waals surface area contributed by atoms with Gasteiger partial charge in [0.1, 0.15) is 11.5 Å². The van der Waals surface area contributed by atoms with E-state index in [1.165, 1.54) is 17.7 Å². The lowest BCUT2D eigenvalue weighted by molar-refractivity contribution is 0.591. The Morgan fingerprint density at radius 1 is 1.00 bits per heavy atom. The minimum Gasteiger partial charge on any atom is -0.308 e. The normalized spacial score (nSPS) is 17.1. The quantitative estimate of drug-likeness (QED) is 0.556. The molecule has 1 aliphatic rings. The summed E-state index contributed by atoms with van der Waals surface area (Å²) in [4.78, 5) is 4.14. The van der Waals surface area contributed by atoms with Crippen molar-refractivity contribution in [1.29, 1.82) is 0 Å². The molecule has 5 rings (SSSR count). The fourth-order valence-electron chi connectivity index (χ4n) is 3.66. The Labute approximate surface area is 166 Å². The number of fused-ring (bicyclic) bond motifs is 1. The molecule has 0 spiro atoms. The van der Waals surface area contributed by atoms with E-state index in [2.05, 4.69) is 28.6 Å². The Balaban J connectivity index is 1.69. The molecule has 4 aromatic rings. The maximum Gasteiger partial charge on any atom is 0.123 e. The zero-order chi connectivity index (χ0) is 18.9. The van der Waals surface area contributed by atoms with Crippen LogP contribution >= 0.6 is 11.8 Å². The summed E-state index contributed by atoms with van der Waals surface area (Å²) >= 11 is 1.97. The van der Waals surface area contributed by atoms with Crippen molar-refractivity contribution in [2.24, 2.45) is 0 Å². The molecule has 0 amide bonds. The molecule has 0 bridgehead atoms. The highest BCUT2D eigenvalue weighted by Crippen LogP contribution is 2.35. The number of benzene rings is 1. The van der Waals surface area contributed by atoms with Crippen LogP contribution in [0.4, 0.5) is 4.39 Å². The Hall–Kier alpha value is -2.70. The highest BCUT2D eigenvalue weighted by Gasteiger charge is 2.19. The van der Waals surface area contributed by atoms with Crippen LogP contribution in [0.25, 0.3) is 27.9 Å². The molecule has 1 fully saturated rings. The van der Waals surface area contributed by atoms with E-state index in [0.29, 0.717) is 6.04 Å². The standard InChI is InChI=1S/C22H19FN4S/c23-18-4-1-16(2-5-18)22-21(15-7-9-24-10-8-15)20-6-3-17(13-27(20)26-22)19-14-28-12-11-25-19/h1-10,13,19,25H,11-12,14H2/t19-/m1/s1. The fraction of sp³-hybridized carbons (Fsp3) is 0.182. The topological polar surface area (TPSA) is 42.2 Å². The smallest absolute Gasteiger partial charge is 0.123 e. The summed E-state index contributed by atoms with van der Waals surface area (Å²) in [6.07, 6.45) is 5.67. The molecule has 6 heteroatoms. The van der Waals surface area contributed by atoms with Gasteiger partial charge in [0.2, 0.25) is 0 Å². The van der Waals surface area contributed by atoms with E-state index in [-0.39, 0.29) is 5.82 Å². The third-order valence-electron chi connectivity index (χ3n) is 5.06. The van der Waals surface area contributed by atoms with Crippen LogP contribution in [0.3, 0.4) is 0 Å². The zero-order valence-electron chi connectivity index (χ0n) is 15.2. The number of rotatable bonds is 3. The van der Waals surface area contributed by atoms with Crippen molar-refractivity contribution in [1.82, 2.24) is 19.9 Å². The Kier molecular flexibility index (Phi) is 4.58. The van der Waals surface area contributed by atoms with Crippen molar-refractivity contribution >= 4 is 17.3 Å². The number of hydrogen-bond donors (Lipinski definition) is 1. The molecule has 0 saturated carbocycles. The average Bonchev–Trinajstić information content (AvgIpc) is 3.14. The largest absolute Gasteiger partial charge is 0.308 e. The second-order valence-corrected chi connectivity index (χ2v) is 7.99. The Bertz CT molecular complexity index is 1100. The van der Waals surface area contributed by atoms with Gasteiger partial charge in [0.05, 0.1) is 5.52 Å². The number of nitrogens with one attached hydrogen (secondary N) is 1. The van der Waals surface area contributed by atoms with Gasteiger partial charge >= 0.3 is 0 Å². The third-order valence-corrected chi connectivity index (χ3v) is 6.13. The first kappa shape index (κ1) is 17.4. The van der Waals surface area contributed by atoms with Crippen molar-refractivity contribution < 1.29 is 4.39 Å². The van der Waals surface area contributed by atoms with E-state index in [4.69, 9.17) is 5.10 Å². The molecule has 1 saturated heterocycles. The number of thioether (sulfide) groups is 1. The minimum absolute atomic E-state index is 0.249. The van der Waals surface area contributed by atoms with Gasteiger partial charge in [0, 0.05) is 53.8 Å². The lowest BCUT2D eigenvalue weighted by atomic mass is 10.0. The summed E-state index contributed by atoms with van der Waals surface area (Å²) in [5.74, 6) is 1.97. The third kappa shape index (κ3) is 3.19. The minimum atomic E-state index is -0.249. The molecule has 140 valence electrons. The highest BCUT2D eigenvalue weighted by molar-refractivity contribution is 7.99. The molecule has 1 atom stereocenters. The predicted octanol–water partition coefficient (Wildman–Crippen LogP) is 4.58. The summed E-state index contributed by atoms with van der Waals surface area (Å²) in [5, 5.41) is 8.46. The Morgan fingerprint density at radius 3 is 2.57 bits per heavy atom. The molecule has 4 nitrogen and oxygen atoms in total. The van der Waals surface area contributed by atoms with Gasteiger partial charge in [0.15, 0.2) is 0 Å². The molecule has 1 aromatic carbocycles. The summed E-state index contributed by atoms with van der Waals surface area (Å²) in [6, 6.07) is 15.1. The molecule has 1 aliphatic heterocycles. The van der Waals surface area contributed by atoms with Crippen LogP contribution in [-0.4, -0.2) is 32.6 Å². The molecule has 0 unspecified atom stereocenters. The van der Waals surface area contributed by atoms with E-state index in [1.807, 2.05) is 28.4 Å². The molecule has 0 aliphatic carbocycles. The van der Waals surface area contributed by atoms with Gasteiger partial charge < -0.3 is 5.32 Å². The second-order valence-electron chi connectivity index (χ2n) is 6.84. The summed E-state index contributed by atoms with van der Waals surface area (Å²) in [6.45, 7) is 1.02. The molecular weight excluding hydrogens is 371 g/mol. The van der Waals surface area contributed by atoms with Crippen molar-refractivity contribution in [3.05, 3.63) is 78.5 Å². The van der Waals surface area contributed by atoms with E-state index in [1.54, 1.807) is 24.5 Å². The highest BCUT2D eigenvalue weighted by atomic mass is 32.2. The zero-order valence-corrected chi connectivity index (χ0v) is 16.0. The van der Waals surface area contributed by atoms with Gasteiger partial charge in [-0.1, -0.05) is 6.07 Å². The van der Waals surface area contributed by atoms with Gasteiger partial charge in [-0.15, -0.1) is 0 Å². The molecule has 1 N–H and O–H groups in total. The van der Waals surface area contributed by atoms with Gasteiger partial charge in [0.25, 0.3) is 0 Å². The molecule has 0 radical (unpaired) electrons. The first-order valence-corrected chi connectivity index (χ1v) is 10.4. The van der Waals surface area contributed by atoms with E-state index in [9.17, 15) is 4.39 Å². The van der Waals surface area contributed by atoms with Gasteiger partial charge in [-0.2, -0.15) is 16.9 Å². The van der Waals surface area contributed by atoms with Crippen LogP contribution < -0.4 is 5.32 Å². The molecule has 28 heavy (non-hydrogen) atoms. The molecular formula is C22H19FN4S. The monoisotopic (exact) mass is 390 g/mol. The Morgan fingerprint density at radius 2 is 1.82 bits per heavy atom. The predicted molar refractivity (Wildman–Crippen MR) is 112 cm³/mol. The van der Waals surface area contributed by atoms with Gasteiger partial charge in [-0.05, 0) is 53.6 Å². The second kappa shape index (κ2) is 7.37. The van der Waals surface area contributed by atoms with Gasteiger partial charge in [-0.25, -0.2) is 8.91 Å². The lowest BCUT2D eigenvalue weighted by Gasteiger charge is -2.23. The van der Waals surface area contributed by atoms with E-state index >= 15 is 0 Å². The van der Waals surface area contributed by atoms with Crippen LogP contribution in [0.5, 0.6) is 0 Å². The number of nitrogens with zero attached hydrogens (tertiary/aromatic N) is 3. The SMILES string of the molecule is Fc1ccc(-c2nn3cc([C@H]4CSCCN4)ccc3c2-c2ccncc2)cc1. The van der Waals surface area contributed by atoms with Gasteiger partial charge in [-0.3, -0.25) is 4.98 Å². The van der Waals surface area contributed by atoms with Crippen molar-refractivity contribution in [2.75, 3.05) is 18.1 Å². The van der Waals surface area contributed by atoms with Crippen molar-refractivity contribution in [2.45, 2.75) is 6.04 Å². The molecule has 3 aromatic heterocycles. The summed E-state index contributed by atoms with van der Waals surface area (Å²) in [7, 11) is 0. The average molecular weight is 390 g/mol. The number of halogens is 1. The van der Waals surface area contributed by atoms with E-state index < -0.39 is 0 Å². The lowest BCUT2D eigenvalue weighted by Crippen LogP contribution is -2.30. The maximum atomic E-state index is 13.4. The first-order valence-electron chi connectivity index (χ1n) is 9.29. The summed E-state index contributed by atoms with van der Waals surface area (Å²) in [5.41, 5.74) is 6.07. The maximum absolute atomic E-state index is 13.4.